The number of rotatable bonds is 3. The first kappa shape index (κ1) is 17.3. The number of hydrogen-bond donors (Lipinski definition) is 1. The number of nitro benzene ring substituents is 1. The molecule has 6 heteroatoms. The number of para-hydroxylation sites is 1. The fourth-order valence-corrected chi connectivity index (χ4v) is 4.28. The normalized spacial score (nSPS) is 23.0. The molecule has 1 N–H and O–H groups in total. The van der Waals surface area contributed by atoms with Crippen LogP contribution in [0.4, 0.5) is 11.4 Å². The van der Waals surface area contributed by atoms with E-state index in [1.165, 1.54) is 17.7 Å². The Morgan fingerprint density at radius 1 is 1.19 bits per heavy atom. The summed E-state index contributed by atoms with van der Waals surface area (Å²) in [4.78, 5) is 25.2. The van der Waals surface area contributed by atoms with Crippen LogP contribution >= 0.6 is 0 Å². The lowest BCUT2D eigenvalue weighted by atomic mass is 9.74. The van der Waals surface area contributed by atoms with Gasteiger partial charge in [0.25, 0.3) is 5.69 Å². The summed E-state index contributed by atoms with van der Waals surface area (Å²) >= 11 is 0. The van der Waals surface area contributed by atoms with Crippen molar-refractivity contribution in [2.45, 2.75) is 31.3 Å². The number of non-ortho nitro benzene ring substituents is 1. The zero-order chi connectivity index (χ0) is 19.2. The molecule has 2 aromatic rings. The van der Waals surface area contributed by atoms with Gasteiger partial charge in [-0.25, -0.2) is 0 Å². The van der Waals surface area contributed by atoms with Gasteiger partial charge in [0, 0.05) is 36.2 Å². The molecule has 1 fully saturated rings. The Morgan fingerprint density at radius 2 is 1.96 bits per heavy atom. The Bertz CT molecular complexity index is 967. The molecule has 6 nitrogen and oxygen atoms in total. The zero-order valence-corrected chi connectivity index (χ0v) is 15.3. The number of amides is 1. The van der Waals surface area contributed by atoms with E-state index in [0.717, 1.165) is 11.3 Å². The van der Waals surface area contributed by atoms with Crippen molar-refractivity contribution in [1.29, 1.82) is 0 Å². The summed E-state index contributed by atoms with van der Waals surface area (Å²) in [6, 6.07) is 14.7. The Labute approximate surface area is 157 Å². The summed E-state index contributed by atoms with van der Waals surface area (Å²) in [5, 5.41) is 14.3. The molecule has 27 heavy (non-hydrogen) atoms. The van der Waals surface area contributed by atoms with E-state index in [2.05, 4.69) is 36.2 Å². The number of anilines is 1. The van der Waals surface area contributed by atoms with Crippen LogP contribution < -0.4 is 10.2 Å². The van der Waals surface area contributed by atoms with Crippen LogP contribution in [0.15, 0.2) is 54.6 Å². The third kappa shape index (κ3) is 2.51. The molecule has 2 aliphatic heterocycles. The Kier molecular flexibility index (Phi) is 3.80. The minimum atomic E-state index is -0.712. The van der Waals surface area contributed by atoms with Gasteiger partial charge < -0.3 is 10.2 Å². The molecular weight excluding hydrogens is 342 g/mol. The first-order valence-corrected chi connectivity index (χ1v) is 8.97. The van der Waals surface area contributed by atoms with E-state index in [1.807, 2.05) is 30.4 Å². The lowest BCUT2D eigenvalue weighted by molar-refractivity contribution is -0.384. The van der Waals surface area contributed by atoms with Crippen molar-refractivity contribution in [3.63, 3.8) is 0 Å². The van der Waals surface area contributed by atoms with E-state index in [0.29, 0.717) is 13.0 Å². The number of nitro groups is 1. The Balaban J connectivity index is 1.82. The van der Waals surface area contributed by atoms with Crippen LogP contribution in [0.3, 0.4) is 0 Å². The number of fused-ring (bicyclic) bond motifs is 3. The van der Waals surface area contributed by atoms with Gasteiger partial charge in [-0.3, -0.25) is 14.9 Å². The third-order valence-corrected chi connectivity index (χ3v) is 5.74. The second-order valence-corrected chi connectivity index (χ2v) is 7.54. The van der Waals surface area contributed by atoms with E-state index in [1.54, 1.807) is 6.07 Å². The lowest BCUT2D eigenvalue weighted by Crippen LogP contribution is -2.68. The van der Waals surface area contributed by atoms with Crippen LogP contribution in [0.5, 0.6) is 0 Å². The van der Waals surface area contributed by atoms with Crippen LogP contribution in [-0.4, -0.2) is 23.0 Å². The molecule has 138 valence electrons. The van der Waals surface area contributed by atoms with E-state index >= 15 is 0 Å². The molecule has 0 bridgehead atoms. The highest BCUT2D eigenvalue weighted by atomic mass is 16.6. The minimum Gasteiger partial charge on any atom is -0.344 e. The molecule has 0 aromatic heterocycles. The standard InChI is InChI=1S/C21H21N3O3/c1-20(2)17-8-3-4-9-18(17)23-13-11-19(25)22-21(20,23)12-10-15-6-5-7-16(14-15)24(26)27/h3-10,12,14H,11,13H2,1-2H3,(H,22,25)/b12-10+/t21-/m0/s1. The predicted octanol–water partition coefficient (Wildman–Crippen LogP) is 3.62. The van der Waals surface area contributed by atoms with Gasteiger partial charge in [-0.15, -0.1) is 0 Å². The smallest absolute Gasteiger partial charge is 0.270 e. The Morgan fingerprint density at radius 3 is 2.74 bits per heavy atom. The molecule has 1 saturated heterocycles. The van der Waals surface area contributed by atoms with Crippen molar-refractivity contribution in [3.8, 4) is 0 Å². The topological polar surface area (TPSA) is 75.5 Å². The van der Waals surface area contributed by atoms with E-state index in [-0.39, 0.29) is 17.0 Å². The predicted molar refractivity (Wildman–Crippen MR) is 104 cm³/mol. The van der Waals surface area contributed by atoms with E-state index < -0.39 is 10.6 Å². The maximum atomic E-state index is 12.3. The van der Waals surface area contributed by atoms with E-state index in [4.69, 9.17) is 0 Å². The molecule has 2 heterocycles. The molecule has 0 saturated carbocycles. The van der Waals surface area contributed by atoms with Gasteiger partial charge in [-0.2, -0.15) is 0 Å². The molecule has 4 rings (SSSR count). The summed E-state index contributed by atoms with van der Waals surface area (Å²) in [5.74, 6) is 0.0100. The van der Waals surface area contributed by atoms with Gasteiger partial charge in [0.05, 0.1) is 4.92 Å². The quantitative estimate of drug-likeness (QED) is 0.667. The van der Waals surface area contributed by atoms with Gasteiger partial charge in [0.2, 0.25) is 5.91 Å². The van der Waals surface area contributed by atoms with Gasteiger partial charge >= 0.3 is 0 Å². The average molecular weight is 363 g/mol. The van der Waals surface area contributed by atoms with Crippen molar-refractivity contribution < 1.29 is 9.72 Å². The van der Waals surface area contributed by atoms with Crippen molar-refractivity contribution in [2.24, 2.45) is 0 Å². The second kappa shape index (κ2) is 5.94. The van der Waals surface area contributed by atoms with Crippen molar-refractivity contribution in [1.82, 2.24) is 5.32 Å². The minimum absolute atomic E-state index is 0.0100. The van der Waals surface area contributed by atoms with Crippen molar-refractivity contribution in [3.05, 3.63) is 75.8 Å². The number of carbonyl (C=O) groups is 1. The molecule has 0 spiro atoms. The highest BCUT2D eigenvalue weighted by Crippen LogP contribution is 2.52. The fourth-order valence-electron chi connectivity index (χ4n) is 4.28. The Hall–Kier alpha value is -3.15. The molecule has 0 aliphatic carbocycles. The summed E-state index contributed by atoms with van der Waals surface area (Å²) in [7, 11) is 0. The zero-order valence-electron chi connectivity index (χ0n) is 15.3. The molecule has 2 aliphatic rings. The molecular formula is C21H21N3O3. The second-order valence-electron chi connectivity index (χ2n) is 7.54. The van der Waals surface area contributed by atoms with Crippen molar-refractivity contribution >= 4 is 23.4 Å². The first-order valence-electron chi connectivity index (χ1n) is 8.97. The van der Waals surface area contributed by atoms with Crippen LogP contribution in [0, 0.1) is 10.1 Å². The number of benzene rings is 2. The SMILES string of the molecule is CC1(C)c2ccccc2N2CCC(=O)N[C@@]21/C=C/c1cccc([N+](=O)[O-])c1. The number of nitrogens with one attached hydrogen (secondary N) is 1. The molecule has 2 aromatic carbocycles. The van der Waals surface area contributed by atoms with Crippen molar-refractivity contribution in [2.75, 3.05) is 11.4 Å². The molecule has 1 atom stereocenters. The van der Waals surface area contributed by atoms with Gasteiger partial charge in [0.1, 0.15) is 5.66 Å². The third-order valence-electron chi connectivity index (χ3n) is 5.74. The highest BCUT2D eigenvalue weighted by Gasteiger charge is 2.57. The van der Waals surface area contributed by atoms with Gasteiger partial charge in [0.15, 0.2) is 0 Å². The van der Waals surface area contributed by atoms with E-state index in [9.17, 15) is 14.9 Å². The molecule has 1 amide bonds. The van der Waals surface area contributed by atoms with Crippen LogP contribution in [0.1, 0.15) is 31.4 Å². The molecule has 0 unspecified atom stereocenters. The lowest BCUT2D eigenvalue weighted by Gasteiger charge is -2.49. The molecule has 0 radical (unpaired) electrons. The summed E-state index contributed by atoms with van der Waals surface area (Å²) in [6.07, 6.45) is 4.28. The van der Waals surface area contributed by atoms with Crippen LogP contribution in [0.25, 0.3) is 6.08 Å². The van der Waals surface area contributed by atoms with Crippen LogP contribution in [0.2, 0.25) is 0 Å². The highest BCUT2D eigenvalue weighted by molar-refractivity contribution is 5.84. The average Bonchev–Trinajstić information content (AvgIpc) is 2.85. The van der Waals surface area contributed by atoms with Gasteiger partial charge in [-0.1, -0.05) is 50.3 Å². The summed E-state index contributed by atoms with van der Waals surface area (Å²) < 4.78 is 0. The largest absolute Gasteiger partial charge is 0.344 e. The summed E-state index contributed by atoms with van der Waals surface area (Å²) in [5.41, 5.74) is 1.99. The number of hydrogen-bond acceptors (Lipinski definition) is 4. The summed E-state index contributed by atoms with van der Waals surface area (Å²) in [6.45, 7) is 4.87. The maximum Gasteiger partial charge on any atom is 0.270 e. The first-order chi connectivity index (χ1) is 12.8. The maximum absolute atomic E-state index is 12.3. The number of nitrogens with zero attached hydrogens (tertiary/aromatic N) is 2. The van der Waals surface area contributed by atoms with Crippen LogP contribution in [-0.2, 0) is 10.2 Å². The monoisotopic (exact) mass is 363 g/mol. The fraction of sp³-hybridized carbons (Fsp3) is 0.286. The number of carbonyl (C=O) groups excluding carboxylic acids is 1. The van der Waals surface area contributed by atoms with Gasteiger partial charge in [-0.05, 0) is 23.3 Å².